The van der Waals surface area contributed by atoms with Crippen LogP contribution in [0.5, 0.6) is 0 Å². The summed E-state index contributed by atoms with van der Waals surface area (Å²) in [6.45, 7) is 0.401. The number of hydrogen-bond donors (Lipinski definition) is 3. The van der Waals surface area contributed by atoms with Crippen molar-refractivity contribution in [1.29, 1.82) is 0 Å². The van der Waals surface area contributed by atoms with Crippen LogP contribution in [-0.4, -0.2) is 38.0 Å². The van der Waals surface area contributed by atoms with Crippen molar-refractivity contribution < 1.29 is 9.59 Å². The van der Waals surface area contributed by atoms with E-state index in [0.29, 0.717) is 6.04 Å². The van der Waals surface area contributed by atoms with E-state index in [-0.39, 0.29) is 24.9 Å². The third kappa shape index (κ3) is 4.78. The fourth-order valence-corrected chi connectivity index (χ4v) is 1.73. The Morgan fingerprint density at radius 3 is 2.33 bits per heavy atom. The summed E-state index contributed by atoms with van der Waals surface area (Å²) < 4.78 is 0. The second kappa shape index (κ2) is 6.40. The molecule has 0 aromatic carbocycles. The third-order valence-electron chi connectivity index (χ3n) is 2.57. The summed E-state index contributed by atoms with van der Waals surface area (Å²) in [7, 11) is 1.57. The Morgan fingerprint density at radius 1 is 1.13 bits per heavy atom. The van der Waals surface area contributed by atoms with Gasteiger partial charge in [-0.05, 0) is 12.8 Å². The lowest BCUT2D eigenvalue weighted by Gasteiger charge is -2.11. The van der Waals surface area contributed by atoms with Crippen LogP contribution in [0.25, 0.3) is 0 Å². The van der Waals surface area contributed by atoms with Crippen LogP contribution in [0.15, 0.2) is 0 Å². The van der Waals surface area contributed by atoms with Crippen molar-refractivity contribution in [2.45, 2.75) is 31.7 Å². The van der Waals surface area contributed by atoms with Crippen molar-refractivity contribution in [3.8, 4) is 0 Å². The van der Waals surface area contributed by atoms with E-state index >= 15 is 0 Å². The molecule has 0 heterocycles. The highest BCUT2D eigenvalue weighted by Gasteiger charge is 2.16. The van der Waals surface area contributed by atoms with Crippen LogP contribution in [0.1, 0.15) is 25.7 Å². The molecular formula is C10H19N3O2. The van der Waals surface area contributed by atoms with Gasteiger partial charge in [0, 0.05) is 13.1 Å². The first-order valence-electron chi connectivity index (χ1n) is 5.43. The lowest BCUT2D eigenvalue weighted by atomic mass is 10.2. The van der Waals surface area contributed by atoms with Crippen molar-refractivity contribution >= 4 is 11.8 Å². The Labute approximate surface area is 90.0 Å². The largest absolute Gasteiger partial charge is 0.358 e. The quantitative estimate of drug-likeness (QED) is 0.570. The molecule has 0 spiro atoms. The minimum Gasteiger partial charge on any atom is -0.358 e. The van der Waals surface area contributed by atoms with Crippen LogP contribution >= 0.6 is 0 Å². The maximum absolute atomic E-state index is 11.4. The van der Waals surface area contributed by atoms with Crippen molar-refractivity contribution in [3.63, 3.8) is 0 Å². The molecule has 1 saturated carbocycles. The summed E-state index contributed by atoms with van der Waals surface area (Å²) >= 11 is 0. The van der Waals surface area contributed by atoms with Crippen molar-refractivity contribution in [2.75, 3.05) is 20.1 Å². The van der Waals surface area contributed by atoms with Crippen LogP contribution in [0, 0.1) is 0 Å². The molecule has 5 heteroatoms. The number of carbonyl (C=O) groups excluding carboxylic acids is 2. The van der Waals surface area contributed by atoms with Gasteiger partial charge in [0.05, 0.1) is 13.1 Å². The number of amides is 2. The summed E-state index contributed by atoms with van der Waals surface area (Å²) in [4.78, 5) is 22.2. The summed E-state index contributed by atoms with van der Waals surface area (Å²) in [5.74, 6) is -0.130. The highest BCUT2D eigenvalue weighted by Crippen LogP contribution is 2.17. The number of rotatable bonds is 5. The highest BCUT2D eigenvalue weighted by molar-refractivity contribution is 5.81. The molecule has 0 aliphatic heterocycles. The Kier molecular flexibility index (Phi) is 5.10. The van der Waals surface area contributed by atoms with E-state index in [2.05, 4.69) is 16.0 Å². The van der Waals surface area contributed by atoms with E-state index in [9.17, 15) is 9.59 Å². The van der Waals surface area contributed by atoms with Gasteiger partial charge in [0.25, 0.3) is 0 Å². The zero-order chi connectivity index (χ0) is 11.1. The predicted octanol–water partition coefficient (Wildman–Crippen LogP) is -0.619. The van der Waals surface area contributed by atoms with Gasteiger partial charge in [0.1, 0.15) is 0 Å². The number of likely N-dealkylation sites (N-methyl/N-ethyl adjacent to an activating group) is 1. The van der Waals surface area contributed by atoms with Crippen LogP contribution < -0.4 is 16.0 Å². The predicted molar refractivity (Wildman–Crippen MR) is 57.3 cm³/mol. The molecule has 15 heavy (non-hydrogen) atoms. The Morgan fingerprint density at radius 2 is 1.73 bits per heavy atom. The van der Waals surface area contributed by atoms with E-state index in [1.165, 1.54) is 12.8 Å². The molecule has 0 saturated heterocycles. The first-order chi connectivity index (χ1) is 7.22. The molecular weight excluding hydrogens is 194 g/mol. The molecule has 5 nitrogen and oxygen atoms in total. The molecule has 1 aliphatic rings. The van der Waals surface area contributed by atoms with E-state index in [0.717, 1.165) is 12.8 Å². The van der Waals surface area contributed by atoms with E-state index < -0.39 is 0 Å². The smallest absolute Gasteiger partial charge is 0.234 e. The van der Waals surface area contributed by atoms with Crippen molar-refractivity contribution in [2.24, 2.45) is 0 Å². The zero-order valence-electron chi connectivity index (χ0n) is 9.14. The first-order valence-corrected chi connectivity index (χ1v) is 5.43. The number of carbonyl (C=O) groups is 2. The topological polar surface area (TPSA) is 70.2 Å². The fourth-order valence-electron chi connectivity index (χ4n) is 1.73. The van der Waals surface area contributed by atoms with Gasteiger partial charge in [-0.2, -0.15) is 0 Å². The molecule has 0 unspecified atom stereocenters. The minimum absolute atomic E-state index is 0.0224. The highest BCUT2D eigenvalue weighted by atomic mass is 16.2. The number of nitrogens with one attached hydrogen (secondary N) is 3. The van der Waals surface area contributed by atoms with Gasteiger partial charge < -0.3 is 10.6 Å². The summed E-state index contributed by atoms with van der Waals surface area (Å²) in [5.41, 5.74) is 0. The molecule has 0 radical (unpaired) electrons. The van der Waals surface area contributed by atoms with Crippen LogP contribution in [0.2, 0.25) is 0 Å². The lowest BCUT2D eigenvalue weighted by Crippen LogP contribution is -2.41. The van der Waals surface area contributed by atoms with Gasteiger partial charge in [-0.1, -0.05) is 12.8 Å². The second-order valence-corrected chi connectivity index (χ2v) is 3.83. The summed E-state index contributed by atoms with van der Waals surface area (Å²) in [6.07, 6.45) is 4.58. The van der Waals surface area contributed by atoms with Crippen molar-refractivity contribution in [3.05, 3.63) is 0 Å². The van der Waals surface area contributed by atoms with Gasteiger partial charge in [0.2, 0.25) is 11.8 Å². The van der Waals surface area contributed by atoms with E-state index in [4.69, 9.17) is 0 Å². The maximum atomic E-state index is 11.4. The lowest BCUT2D eigenvalue weighted by molar-refractivity contribution is -0.121. The van der Waals surface area contributed by atoms with Crippen LogP contribution in [0.4, 0.5) is 0 Å². The average molecular weight is 213 g/mol. The van der Waals surface area contributed by atoms with Gasteiger partial charge in [-0.15, -0.1) is 0 Å². The molecule has 0 atom stereocenters. The van der Waals surface area contributed by atoms with Gasteiger partial charge in [-0.25, -0.2) is 0 Å². The minimum atomic E-state index is -0.108. The Balaban J connectivity index is 2.05. The first kappa shape index (κ1) is 12.0. The molecule has 1 aliphatic carbocycles. The SMILES string of the molecule is CNC(=O)CNCC(=O)NC1CCCC1. The van der Waals surface area contributed by atoms with Crippen molar-refractivity contribution in [1.82, 2.24) is 16.0 Å². The molecule has 3 N–H and O–H groups in total. The summed E-state index contributed by atoms with van der Waals surface area (Å²) in [6, 6.07) is 0.347. The maximum Gasteiger partial charge on any atom is 0.234 e. The van der Waals surface area contributed by atoms with Gasteiger partial charge >= 0.3 is 0 Å². The second-order valence-electron chi connectivity index (χ2n) is 3.83. The average Bonchev–Trinajstić information content (AvgIpc) is 2.70. The third-order valence-corrected chi connectivity index (χ3v) is 2.57. The monoisotopic (exact) mass is 213 g/mol. The fraction of sp³-hybridized carbons (Fsp3) is 0.800. The zero-order valence-corrected chi connectivity index (χ0v) is 9.14. The van der Waals surface area contributed by atoms with E-state index in [1.54, 1.807) is 7.05 Å². The Hall–Kier alpha value is -1.10. The molecule has 0 bridgehead atoms. The normalized spacial score (nSPS) is 16.3. The molecule has 0 aromatic heterocycles. The Bertz CT molecular complexity index is 225. The van der Waals surface area contributed by atoms with Crippen LogP contribution in [0.3, 0.4) is 0 Å². The molecule has 2 amide bonds. The summed E-state index contributed by atoms with van der Waals surface area (Å²) in [5, 5.41) is 8.20. The molecule has 86 valence electrons. The van der Waals surface area contributed by atoms with E-state index in [1.807, 2.05) is 0 Å². The number of hydrogen-bond acceptors (Lipinski definition) is 3. The van der Waals surface area contributed by atoms with Gasteiger partial charge in [0.15, 0.2) is 0 Å². The molecule has 1 rings (SSSR count). The molecule has 1 fully saturated rings. The van der Waals surface area contributed by atoms with Gasteiger partial charge in [-0.3, -0.25) is 14.9 Å². The van der Waals surface area contributed by atoms with Crippen LogP contribution in [-0.2, 0) is 9.59 Å². The standard InChI is InChI=1S/C10H19N3O2/c1-11-9(14)6-12-7-10(15)13-8-4-2-3-5-8/h8,12H,2-7H2,1H3,(H,11,14)(H,13,15). The molecule has 0 aromatic rings.